The second-order valence-electron chi connectivity index (χ2n) is 11.8. The number of nitrogens with one attached hydrogen (secondary N) is 7. The van der Waals surface area contributed by atoms with Gasteiger partial charge >= 0.3 is 0 Å². The zero-order valence-electron chi connectivity index (χ0n) is 28.2. The Kier molecular flexibility index (Phi) is 26.1. The summed E-state index contributed by atoms with van der Waals surface area (Å²) in [7, 11) is 7.66. The van der Waals surface area contributed by atoms with Crippen molar-refractivity contribution in [2.75, 3.05) is 47.8 Å². The molecule has 0 rings (SSSR count). The lowest BCUT2D eigenvalue weighted by Gasteiger charge is -2.23. The van der Waals surface area contributed by atoms with Gasteiger partial charge in [-0.05, 0) is 106 Å². The molecule has 0 radical (unpaired) electrons. The number of hydrogen-bond donors (Lipinski definition) is 7. The summed E-state index contributed by atoms with van der Waals surface area (Å²) >= 11 is 0. The summed E-state index contributed by atoms with van der Waals surface area (Å²) < 4.78 is 0. The highest BCUT2D eigenvalue weighted by atomic mass is 16.2. The number of carbonyl (C=O) groups is 4. The molecular formula is C32H65N7O4. The third-order valence-corrected chi connectivity index (χ3v) is 7.80. The monoisotopic (exact) mass is 612 g/mol. The highest BCUT2D eigenvalue weighted by Crippen LogP contribution is 2.11. The summed E-state index contributed by atoms with van der Waals surface area (Å²) in [6, 6.07) is -0.491. The Morgan fingerprint density at radius 2 is 0.930 bits per heavy atom. The number of hydrogen-bond acceptors (Lipinski definition) is 8. The van der Waals surface area contributed by atoms with E-state index < -0.39 is 6.04 Å². The van der Waals surface area contributed by atoms with E-state index in [1.165, 1.54) is 6.92 Å². The molecule has 0 aromatic heterocycles. The van der Waals surface area contributed by atoms with Gasteiger partial charge in [0, 0.05) is 49.9 Å². The first-order valence-corrected chi connectivity index (χ1v) is 16.7. The van der Waals surface area contributed by atoms with Crippen LogP contribution >= 0.6 is 0 Å². The lowest BCUT2D eigenvalue weighted by molar-refractivity contribution is -0.126. The molecule has 4 atom stereocenters. The lowest BCUT2D eigenvalue weighted by atomic mass is 10.0. The minimum absolute atomic E-state index is 0.0357. The summed E-state index contributed by atoms with van der Waals surface area (Å²) in [5.41, 5.74) is 0. The lowest BCUT2D eigenvalue weighted by Crippen LogP contribution is -2.44. The van der Waals surface area contributed by atoms with Crippen molar-refractivity contribution in [3.05, 3.63) is 0 Å². The van der Waals surface area contributed by atoms with E-state index in [-0.39, 0.29) is 60.9 Å². The fourth-order valence-corrected chi connectivity index (χ4v) is 5.23. The average Bonchev–Trinajstić information content (AvgIpc) is 2.96. The Morgan fingerprint density at radius 1 is 0.512 bits per heavy atom. The largest absolute Gasteiger partial charge is 0.353 e. The first-order valence-electron chi connectivity index (χ1n) is 16.7. The van der Waals surface area contributed by atoms with Crippen LogP contribution in [0.4, 0.5) is 0 Å². The second kappa shape index (κ2) is 27.5. The maximum Gasteiger partial charge on any atom is 0.222 e. The minimum Gasteiger partial charge on any atom is -0.353 e. The van der Waals surface area contributed by atoms with Crippen LogP contribution in [0.5, 0.6) is 0 Å². The topological polar surface area (TPSA) is 152 Å². The number of rotatable bonds is 29. The van der Waals surface area contributed by atoms with E-state index in [9.17, 15) is 19.2 Å². The number of amides is 3. The Balaban J connectivity index is 5.05. The van der Waals surface area contributed by atoms with Crippen LogP contribution in [0.1, 0.15) is 110 Å². The SMILES string of the molecule is CCC(CCCCNC)NC(=O)CCC(CC(C)=O)NC(=O)CC(CCCCNC)NC(=O)CC(CCCCNC)NC. The number of ketones is 1. The van der Waals surface area contributed by atoms with E-state index in [2.05, 4.69) is 44.1 Å². The Hall–Kier alpha value is -2.08. The molecule has 0 heterocycles. The zero-order valence-corrected chi connectivity index (χ0v) is 28.2. The number of carbonyl (C=O) groups excluding carboxylic acids is 4. The summed E-state index contributed by atoms with van der Waals surface area (Å²) in [6.45, 7) is 6.36. The van der Waals surface area contributed by atoms with Gasteiger partial charge in [0.2, 0.25) is 17.7 Å². The molecule has 0 saturated carbocycles. The smallest absolute Gasteiger partial charge is 0.222 e. The summed E-state index contributed by atoms with van der Waals surface area (Å²) in [5.74, 6) is -0.360. The van der Waals surface area contributed by atoms with Crippen molar-refractivity contribution in [1.29, 1.82) is 0 Å². The van der Waals surface area contributed by atoms with Crippen molar-refractivity contribution in [1.82, 2.24) is 37.2 Å². The highest BCUT2D eigenvalue weighted by molar-refractivity contribution is 5.82. The fourth-order valence-electron chi connectivity index (χ4n) is 5.23. The number of Topliss-reactive ketones (excluding diaryl/α,β-unsaturated/α-hetero) is 1. The zero-order chi connectivity index (χ0) is 32.3. The molecule has 11 heteroatoms. The molecule has 0 saturated heterocycles. The molecule has 43 heavy (non-hydrogen) atoms. The van der Waals surface area contributed by atoms with Gasteiger partial charge in [-0.15, -0.1) is 0 Å². The first-order chi connectivity index (χ1) is 20.7. The highest BCUT2D eigenvalue weighted by Gasteiger charge is 2.22. The van der Waals surface area contributed by atoms with E-state index in [4.69, 9.17) is 0 Å². The van der Waals surface area contributed by atoms with Crippen molar-refractivity contribution in [2.45, 2.75) is 134 Å². The van der Waals surface area contributed by atoms with Gasteiger partial charge in [0.25, 0.3) is 0 Å². The van der Waals surface area contributed by atoms with E-state index in [1.54, 1.807) is 0 Å². The molecule has 0 aromatic carbocycles. The third kappa shape index (κ3) is 24.0. The van der Waals surface area contributed by atoms with Crippen LogP contribution in [-0.4, -0.2) is 95.5 Å². The van der Waals surface area contributed by atoms with Gasteiger partial charge in [-0.1, -0.05) is 26.2 Å². The molecular weight excluding hydrogens is 546 g/mol. The summed E-state index contributed by atoms with van der Waals surface area (Å²) in [4.78, 5) is 50.7. The molecule has 0 spiro atoms. The quantitative estimate of drug-likeness (QED) is 0.0636. The molecule has 3 amide bonds. The van der Waals surface area contributed by atoms with Crippen molar-refractivity contribution >= 4 is 23.5 Å². The molecule has 0 aliphatic rings. The molecule has 0 aliphatic heterocycles. The van der Waals surface area contributed by atoms with Gasteiger partial charge in [0.05, 0.1) is 0 Å². The molecule has 0 bridgehead atoms. The minimum atomic E-state index is -0.418. The molecule has 0 aliphatic carbocycles. The van der Waals surface area contributed by atoms with Crippen LogP contribution in [0.25, 0.3) is 0 Å². The van der Waals surface area contributed by atoms with Gasteiger partial charge in [-0.2, -0.15) is 0 Å². The van der Waals surface area contributed by atoms with Crippen molar-refractivity contribution in [3.8, 4) is 0 Å². The number of unbranched alkanes of at least 4 members (excludes halogenated alkanes) is 3. The Bertz CT molecular complexity index is 753. The molecule has 252 valence electrons. The predicted octanol–water partition coefficient (Wildman–Crippen LogP) is 2.15. The van der Waals surface area contributed by atoms with Gasteiger partial charge in [-0.3, -0.25) is 19.2 Å². The normalized spacial score (nSPS) is 14.0. The maximum atomic E-state index is 13.1. The summed E-state index contributed by atoms with van der Waals surface area (Å²) in [6.07, 6.45) is 10.8. The van der Waals surface area contributed by atoms with Gasteiger partial charge in [0.1, 0.15) is 5.78 Å². The van der Waals surface area contributed by atoms with Crippen LogP contribution in [0.15, 0.2) is 0 Å². The average molecular weight is 612 g/mol. The van der Waals surface area contributed by atoms with E-state index >= 15 is 0 Å². The van der Waals surface area contributed by atoms with Gasteiger partial charge < -0.3 is 37.2 Å². The molecule has 4 unspecified atom stereocenters. The Morgan fingerprint density at radius 3 is 1.37 bits per heavy atom. The van der Waals surface area contributed by atoms with Gasteiger partial charge in [-0.25, -0.2) is 0 Å². The maximum absolute atomic E-state index is 13.1. The van der Waals surface area contributed by atoms with E-state index in [1.807, 2.05) is 28.2 Å². The van der Waals surface area contributed by atoms with Crippen LogP contribution in [0.2, 0.25) is 0 Å². The van der Waals surface area contributed by atoms with Crippen LogP contribution < -0.4 is 37.2 Å². The third-order valence-electron chi connectivity index (χ3n) is 7.80. The van der Waals surface area contributed by atoms with Crippen LogP contribution in [0, 0.1) is 0 Å². The Labute approximate surface area is 262 Å². The van der Waals surface area contributed by atoms with Crippen LogP contribution in [-0.2, 0) is 19.2 Å². The second-order valence-corrected chi connectivity index (χ2v) is 11.8. The molecule has 0 aromatic rings. The molecule has 7 N–H and O–H groups in total. The van der Waals surface area contributed by atoms with E-state index in [0.717, 1.165) is 77.4 Å². The van der Waals surface area contributed by atoms with Crippen molar-refractivity contribution < 1.29 is 19.2 Å². The molecule has 0 fully saturated rings. The predicted molar refractivity (Wildman–Crippen MR) is 176 cm³/mol. The summed E-state index contributed by atoms with van der Waals surface area (Å²) in [5, 5.41) is 21.9. The standard InChI is InChI=1S/C32H65N7O4/c1-7-26(14-8-11-19-33-3)37-30(41)18-17-29(22-25(2)40)39-32(43)24-28(16-10-13-21-35-5)38-31(42)23-27(36-6)15-9-12-20-34-4/h26-29,33-36H,7-24H2,1-6H3,(H,37,41)(H,38,42)(H,39,43). The van der Waals surface area contributed by atoms with Crippen LogP contribution in [0.3, 0.4) is 0 Å². The van der Waals surface area contributed by atoms with E-state index in [0.29, 0.717) is 19.3 Å². The van der Waals surface area contributed by atoms with Gasteiger partial charge in [0.15, 0.2) is 0 Å². The van der Waals surface area contributed by atoms with Crippen molar-refractivity contribution in [2.24, 2.45) is 0 Å². The first kappa shape index (κ1) is 40.9. The van der Waals surface area contributed by atoms with Crippen molar-refractivity contribution in [3.63, 3.8) is 0 Å². The fraction of sp³-hybridized carbons (Fsp3) is 0.875. The molecule has 11 nitrogen and oxygen atoms in total.